The van der Waals surface area contributed by atoms with E-state index < -0.39 is 10.0 Å². The second kappa shape index (κ2) is 9.14. The number of amides is 1. The van der Waals surface area contributed by atoms with Crippen LogP contribution >= 0.6 is 0 Å². The molecule has 28 heavy (non-hydrogen) atoms. The first kappa shape index (κ1) is 20.3. The number of benzene rings is 2. The first-order valence-electron chi connectivity index (χ1n) is 9.27. The fourth-order valence-corrected chi connectivity index (χ4v) is 4.54. The van der Waals surface area contributed by atoms with Gasteiger partial charge in [-0.2, -0.15) is 4.31 Å². The lowest BCUT2D eigenvalue weighted by Gasteiger charge is -2.33. The van der Waals surface area contributed by atoms with Crippen molar-refractivity contribution < 1.29 is 13.2 Å². The average Bonchev–Trinajstić information content (AvgIpc) is 2.69. The zero-order valence-corrected chi connectivity index (χ0v) is 16.7. The Labute approximate surface area is 166 Å². The van der Waals surface area contributed by atoms with Gasteiger partial charge in [-0.1, -0.05) is 42.5 Å². The molecule has 2 aromatic carbocycles. The van der Waals surface area contributed by atoms with Crippen LogP contribution in [0.25, 0.3) is 6.08 Å². The summed E-state index contributed by atoms with van der Waals surface area (Å²) in [7, 11) is -3.52. The maximum absolute atomic E-state index is 12.8. The molecule has 0 aliphatic carbocycles. The fraction of sp³-hybridized carbons (Fsp3) is 0.286. The third kappa shape index (κ3) is 5.28. The molecule has 1 heterocycles. The smallest absolute Gasteiger partial charge is 0.243 e. The van der Waals surface area contributed by atoms with Gasteiger partial charge < -0.3 is 5.32 Å². The summed E-state index contributed by atoms with van der Waals surface area (Å²) in [4.78, 5) is 13.6. The Morgan fingerprint density at radius 2 is 1.64 bits per heavy atom. The molecular formula is C21H25N3O3S. The number of anilines is 1. The fourth-order valence-electron chi connectivity index (χ4n) is 3.12. The van der Waals surface area contributed by atoms with Crippen LogP contribution in [0, 0.1) is 0 Å². The van der Waals surface area contributed by atoms with Gasteiger partial charge in [0.25, 0.3) is 0 Å². The van der Waals surface area contributed by atoms with Crippen molar-refractivity contribution in [2.45, 2.75) is 11.8 Å². The Morgan fingerprint density at radius 3 is 2.25 bits per heavy atom. The number of hydrogen-bond donors (Lipinski definition) is 1. The molecule has 1 aliphatic rings. The SMILES string of the molecule is CC(=O)Nc1ccc(S(=O)(=O)N2CCN(C/C=C/c3ccccc3)CC2)cc1. The zero-order valence-electron chi connectivity index (χ0n) is 15.9. The molecule has 7 heteroatoms. The maximum Gasteiger partial charge on any atom is 0.243 e. The summed E-state index contributed by atoms with van der Waals surface area (Å²) in [5, 5.41) is 2.64. The normalized spacial score (nSPS) is 16.3. The Balaban J connectivity index is 1.54. The van der Waals surface area contributed by atoms with E-state index in [1.807, 2.05) is 18.2 Å². The van der Waals surface area contributed by atoms with Crippen molar-refractivity contribution in [3.63, 3.8) is 0 Å². The largest absolute Gasteiger partial charge is 0.326 e. The van der Waals surface area contributed by atoms with Crippen molar-refractivity contribution in [3.8, 4) is 0 Å². The number of carbonyl (C=O) groups excluding carboxylic acids is 1. The highest BCUT2D eigenvalue weighted by Crippen LogP contribution is 2.20. The van der Waals surface area contributed by atoms with Crippen molar-refractivity contribution in [3.05, 3.63) is 66.2 Å². The van der Waals surface area contributed by atoms with Crippen LogP contribution in [0.5, 0.6) is 0 Å². The van der Waals surface area contributed by atoms with Gasteiger partial charge in [0.05, 0.1) is 4.90 Å². The predicted molar refractivity (Wildman–Crippen MR) is 111 cm³/mol. The van der Waals surface area contributed by atoms with E-state index in [0.29, 0.717) is 31.9 Å². The standard InChI is InChI=1S/C21H25N3O3S/c1-18(25)22-20-9-11-21(12-10-20)28(26,27)24-16-14-23(15-17-24)13-5-8-19-6-3-2-4-7-19/h2-12H,13-17H2,1H3,(H,22,25)/b8-5+. The number of nitrogens with one attached hydrogen (secondary N) is 1. The molecule has 1 N–H and O–H groups in total. The molecule has 2 aromatic rings. The molecular weight excluding hydrogens is 374 g/mol. The second-order valence-corrected chi connectivity index (χ2v) is 8.66. The van der Waals surface area contributed by atoms with Crippen LogP contribution in [0.1, 0.15) is 12.5 Å². The molecule has 1 fully saturated rings. The van der Waals surface area contributed by atoms with Crippen LogP contribution in [0.15, 0.2) is 65.6 Å². The van der Waals surface area contributed by atoms with Gasteiger partial charge >= 0.3 is 0 Å². The van der Waals surface area contributed by atoms with Gasteiger partial charge in [0.15, 0.2) is 0 Å². The van der Waals surface area contributed by atoms with Crippen LogP contribution < -0.4 is 5.32 Å². The van der Waals surface area contributed by atoms with Crippen molar-refractivity contribution in [1.29, 1.82) is 0 Å². The molecule has 0 aromatic heterocycles. The second-order valence-electron chi connectivity index (χ2n) is 6.72. The van der Waals surface area contributed by atoms with E-state index >= 15 is 0 Å². The lowest BCUT2D eigenvalue weighted by Crippen LogP contribution is -2.48. The van der Waals surface area contributed by atoms with Crippen LogP contribution in [-0.2, 0) is 14.8 Å². The lowest BCUT2D eigenvalue weighted by atomic mass is 10.2. The first-order valence-corrected chi connectivity index (χ1v) is 10.7. The van der Waals surface area contributed by atoms with E-state index in [1.165, 1.54) is 23.4 Å². The van der Waals surface area contributed by atoms with E-state index in [9.17, 15) is 13.2 Å². The van der Waals surface area contributed by atoms with Gasteiger partial charge in [-0.15, -0.1) is 0 Å². The Hall–Kier alpha value is -2.48. The highest BCUT2D eigenvalue weighted by atomic mass is 32.2. The molecule has 0 atom stereocenters. The maximum atomic E-state index is 12.8. The molecule has 3 rings (SSSR count). The Bertz CT molecular complexity index is 917. The number of hydrogen-bond acceptors (Lipinski definition) is 4. The average molecular weight is 400 g/mol. The van der Waals surface area contributed by atoms with E-state index in [2.05, 4.69) is 34.5 Å². The lowest BCUT2D eigenvalue weighted by molar-refractivity contribution is -0.114. The molecule has 0 bridgehead atoms. The summed E-state index contributed by atoms with van der Waals surface area (Å²) in [5.41, 5.74) is 1.74. The van der Waals surface area contributed by atoms with E-state index in [4.69, 9.17) is 0 Å². The molecule has 0 unspecified atom stereocenters. The van der Waals surface area contributed by atoms with Gasteiger partial charge in [-0.3, -0.25) is 9.69 Å². The zero-order chi connectivity index (χ0) is 20.0. The molecule has 0 spiro atoms. The molecule has 0 saturated carbocycles. The topological polar surface area (TPSA) is 69.7 Å². The van der Waals surface area contributed by atoms with Gasteiger partial charge in [0.1, 0.15) is 0 Å². The van der Waals surface area contributed by atoms with Crippen LogP contribution in [0.3, 0.4) is 0 Å². The Kier molecular flexibility index (Phi) is 6.61. The molecule has 1 amide bonds. The number of rotatable bonds is 6. The number of nitrogens with zero attached hydrogens (tertiary/aromatic N) is 2. The predicted octanol–water partition coefficient (Wildman–Crippen LogP) is 2.66. The summed E-state index contributed by atoms with van der Waals surface area (Å²) in [6.45, 7) is 4.54. The van der Waals surface area contributed by atoms with Crippen molar-refractivity contribution in [1.82, 2.24) is 9.21 Å². The summed E-state index contributed by atoms with van der Waals surface area (Å²) >= 11 is 0. The summed E-state index contributed by atoms with van der Waals surface area (Å²) in [6.07, 6.45) is 4.19. The third-order valence-corrected chi connectivity index (χ3v) is 6.53. The third-order valence-electron chi connectivity index (χ3n) is 4.62. The monoisotopic (exact) mass is 399 g/mol. The van der Waals surface area contributed by atoms with Gasteiger partial charge in [-0.25, -0.2) is 8.42 Å². The van der Waals surface area contributed by atoms with Crippen molar-refractivity contribution in [2.24, 2.45) is 0 Å². The van der Waals surface area contributed by atoms with Crippen molar-refractivity contribution >= 4 is 27.7 Å². The minimum atomic E-state index is -3.52. The molecule has 148 valence electrons. The van der Waals surface area contributed by atoms with Gasteiger partial charge in [0.2, 0.25) is 15.9 Å². The molecule has 1 aliphatic heterocycles. The van der Waals surface area contributed by atoms with E-state index in [0.717, 1.165) is 12.1 Å². The minimum absolute atomic E-state index is 0.187. The number of sulfonamides is 1. The summed E-state index contributed by atoms with van der Waals surface area (Å²) < 4.78 is 27.2. The van der Waals surface area contributed by atoms with E-state index in [-0.39, 0.29) is 10.8 Å². The van der Waals surface area contributed by atoms with Crippen molar-refractivity contribution in [2.75, 3.05) is 38.0 Å². The summed E-state index contributed by atoms with van der Waals surface area (Å²) in [5.74, 6) is -0.187. The quantitative estimate of drug-likeness (QED) is 0.811. The highest BCUT2D eigenvalue weighted by Gasteiger charge is 2.28. The van der Waals surface area contributed by atoms with E-state index in [1.54, 1.807) is 12.1 Å². The van der Waals surface area contributed by atoms with Gasteiger partial charge in [0, 0.05) is 45.3 Å². The highest BCUT2D eigenvalue weighted by molar-refractivity contribution is 7.89. The number of piperazine rings is 1. The Morgan fingerprint density at radius 1 is 1.00 bits per heavy atom. The van der Waals surface area contributed by atoms with Crippen LogP contribution in [0.2, 0.25) is 0 Å². The van der Waals surface area contributed by atoms with Crippen LogP contribution in [-0.4, -0.2) is 56.3 Å². The van der Waals surface area contributed by atoms with Crippen LogP contribution in [0.4, 0.5) is 5.69 Å². The minimum Gasteiger partial charge on any atom is -0.326 e. The molecule has 6 nitrogen and oxygen atoms in total. The molecule has 0 radical (unpaired) electrons. The van der Waals surface area contributed by atoms with Gasteiger partial charge in [-0.05, 0) is 29.8 Å². The number of carbonyl (C=O) groups is 1. The summed E-state index contributed by atoms with van der Waals surface area (Å²) in [6, 6.07) is 16.4. The molecule has 1 saturated heterocycles. The first-order chi connectivity index (χ1) is 13.4.